The zero-order valence-corrected chi connectivity index (χ0v) is 15.8. The largest absolute Gasteiger partial charge is 0.486 e. The Bertz CT molecular complexity index is 825. The molecule has 1 aliphatic heterocycles. The van der Waals surface area contributed by atoms with E-state index in [-0.39, 0.29) is 24.4 Å². The van der Waals surface area contributed by atoms with Crippen LogP contribution in [-0.4, -0.2) is 31.6 Å². The average molecular weight is 419 g/mol. The molecule has 6 nitrogen and oxygen atoms in total. The van der Waals surface area contributed by atoms with Crippen LogP contribution in [0.1, 0.15) is 28.9 Å². The molecule has 2 aromatic carbocycles. The van der Waals surface area contributed by atoms with Crippen LogP contribution in [0, 0.1) is 0 Å². The van der Waals surface area contributed by atoms with Crippen LogP contribution in [0.15, 0.2) is 46.9 Å². The molecular formula is C19H19BrN2O4. The van der Waals surface area contributed by atoms with Gasteiger partial charge in [-0.15, -0.1) is 0 Å². The van der Waals surface area contributed by atoms with Gasteiger partial charge in [-0.1, -0.05) is 28.1 Å². The molecule has 0 bridgehead atoms. The molecule has 7 heteroatoms. The molecule has 2 aromatic rings. The Morgan fingerprint density at radius 2 is 1.88 bits per heavy atom. The molecule has 1 atom stereocenters. The molecule has 0 radical (unpaired) electrons. The molecule has 3 rings (SSSR count). The fourth-order valence-electron chi connectivity index (χ4n) is 2.60. The van der Waals surface area contributed by atoms with Gasteiger partial charge in [-0.25, -0.2) is 0 Å². The van der Waals surface area contributed by atoms with Crippen LogP contribution >= 0.6 is 15.9 Å². The van der Waals surface area contributed by atoms with Crippen molar-refractivity contribution in [3.05, 3.63) is 58.1 Å². The first-order valence-corrected chi connectivity index (χ1v) is 9.05. The molecule has 2 amide bonds. The summed E-state index contributed by atoms with van der Waals surface area (Å²) in [4.78, 5) is 24.2. The number of benzene rings is 2. The Hall–Kier alpha value is -2.54. The molecule has 2 N–H and O–H groups in total. The lowest BCUT2D eigenvalue weighted by Crippen LogP contribution is -2.38. The Balaban J connectivity index is 1.53. The quantitative estimate of drug-likeness (QED) is 0.782. The maximum absolute atomic E-state index is 12.1. The SMILES string of the molecule is C[C@H](NC(=O)CNC(=O)c1cccc(Br)c1)c1ccc2c(c1)OCCO2. The predicted molar refractivity (Wildman–Crippen MR) is 100 cm³/mol. The second-order valence-electron chi connectivity index (χ2n) is 5.89. The lowest BCUT2D eigenvalue weighted by molar-refractivity contribution is -0.120. The number of rotatable bonds is 5. The standard InChI is InChI=1S/C19H19BrN2O4/c1-12(13-5-6-16-17(10-13)26-8-7-25-16)22-18(23)11-21-19(24)14-3-2-4-15(20)9-14/h2-6,9-10,12H,7-8,11H2,1H3,(H,21,24)(H,22,23)/t12-/m0/s1. The summed E-state index contributed by atoms with van der Waals surface area (Å²) in [7, 11) is 0. The van der Waals surface area contributed by atoms with Gasteiger partial charge in [0.15, 0.2) is 11.5 Å². The van der Waals surface area contributed by atoms with Crippen LogP contribution in [0.5, 0.6) is 11.5 Å². The number of ether oxygens (including phenoxy) is 2. The summed E-state index contributed by atoms with van der Waals surface area (Å²) in [6, 6.07) is 12.4. The number of amides is 2. The molecule has 1 aliphatic rings. The Labute approximate surface area is 160 Å². The maximum Gasteiger partial charge on any atom is 0.251 e. The number of nitrogens with one attached hydrogen (secondary N) is 2. The molecule has 0 saturated heterocycles. The van der Waals surface area contributed by atoms with E-state index in [1.54, 1.807) is 18.2 Å². The number of hydrogen-bond acceptors (Lipinski definition) is 4. The van der Waals surface area contributed by atoms with Crippen molar-refractivity contribution in [2.45, 2.75) is 13.0 Å². The summed E-state index contributed by atoms with van der Waals surface area (Å²) in [5.74, 6) is 0.821. The van der Waals surface area contributed by atoms with E-state index in [0.29, 0.717) is 30.3 Å². The molecule has 0 spiro atoms. The first-order valence-electron chi connectivity index (χ1n) is 8.25. The average Bonchev–Trinajstić information content (AvgIpc) is 2.65. The Kier molecular flexibility index (Phi) is 5.78. The number of hydrogen-bond donors (Lipinski definition) is 2. The number of carbonyl (C=O) groups excluding carboxylic acids is 2. The van der Waals surface area contributed by atoms with Gasteiger partial charge in [0.25, 0.3) is 5.91 Å². The minimum absolute atomic E-state index is 0.0970. The Morgan fingerprint density at radius 3 is 2.65 bits per heavy atom. The number of carbonyl (C=O) groups is 2. The lowest BCUT2D eigenvalue weighted by Gasteiger charge is -2.21. The van der Waals surface area contributed by atoms with E-state index in [2.05, 4.69) is 26.6 Å². The highest BCUT2D eigenvalue weighted by atomic mass is 79.9. The van der Waals surface area contributed by atoms with Crippen LogP contribution in [0.3, 0.4) is 0 Å². The second kappa shape index (κ2) is 8.23. The number of fused-ring (bicyclic) bond motifs is 1. The van der Waals surface area contributed by atoms with Crippen LogP contribution in [0.25, 0.3) is 0 Å². The molecule has 0 unspecified atom stereocenters. The van der Waals surface area contributed by atoms with Crippen molar-refractivity contribution in [2.24, 2.45) is 0 Å². The lowest BCUT2D eigenvalue weighted by atomic mass is 10.1. The van der Waals surface area contributed by atoms with E-state index in [1.807, 2.05) is 31.2 Å². The normalized spacial score (nSPS) is 13.6. The van der Waals surface area contributed by atoms with Crippen molar-refractivity contribution in [1.29, 1.82) is 0 Å². The zero-order valence-electron chi connectivity index (χ0n) is 14.3. The summed E-state index contributed by atoms with van der Waals surface area (Å²) in [5.41, 5.74) is 1.40. The van der Waals surface area contributed by atoms with Crippen LogP contribution in [-0.2, 0) is 4.79 Å². The van der Waals surface area contributed by atoms with Crippen LogP contribution in [0.2, 0.25) is 0 Å². The van der Waals surface area contributed by atoms with Crippen LogP contribution in [0.4, 0.5) is 0 Å². The van der Waals surface area contributed by atoms with Gasteiger partial charge in [0.1, 0.15) is 13.2 Å². The highest BCUT2D eigenvalue weighted by Crippen LogP contribution is 2.32. The minimum Gasteiger partial charge on any atom is -0.486 e. The van der Waals surface area contributed by atoms with Gasteiger partial charge in [-0.2, -0.15) is 0 Å². The maximum atomic E-state index is 12.1. The van der Waals surface area contributed by atoms with Crippen LogP contribution < -0.4 is 20.1 Å². The van der Waals surface area contributed by atoms with E-state index in [4.69, 9.17) is 9.47 Å². The van der Waals surface area contributed by atoms with Crippen molar-refractivity contribution < 1.29 is 19.1 Å². The third kappa shape index (κ3) is 4.54. The molecule has 26 heavy (non-hydrogen) atoms. The fourth-order valence-corrected chi connectivity index (χ4v) is 3.00. The third-order valence-electron chi connectivity index (χ3n) is 3.94. The van der Waals surface area contributed by atoms with Crippen molar-refractivity contribution >= 4 is 27.7 Å². The van der Waals surface area contributed by atoms with E-state index in [9.17, 15) is 9.59 Å². The Morgan fingerprint density at radius 1 is 1.12 bits per heavy atom. The summed E-state index contributed by atoms with van der Waals surface area (Å²) in [6.45, 7) is 2.83. The topological polar surface area (TPSA) is 76.7 Å². The van der Waals surface area contributed by atoms with Crippen molar-refractivity contribution in [1.82, 2.24) is 10.6 Å². The zero-order chi connectivity index (χ0) is 18.5. The van der Waals surface area contributed by atoms with Gasteiger partial charge >= 0.3 is 0 Å². The van der Waals surface area contributed by atoms with E-state index in [1.165, 1.54) is 0 Å². The first kappa shape index (κ1) is 18.3. The molecule has 1 heterocycles. The van der Waals surface area contributed by atoms with Gasteiger partial charge in [0.2, 0.25) is 5.91 Å². The summed E-state index contributed by atoms with van der Waals surface area (Å²) in [5, 5.41) is 5.48. The van der Waals surface area contributed by atoms with Gasteiger partial charge < -0.3 is 20.1 Å². The van der Waals surface area contributed by atoms with Gasteiger partial charge in [0.05, 0.1) is 12.6 Å². The van der Waals surface area contributed by atoms with E-state index >= 15 is 0 Å². The van der Waals surface area contributed by atoms with Crippen molar-refractivity contribution in [3.63, 3.8) is 0 Å². The summed E-state index contributed by atoms with van der Waals surface area (Å²) >= 11 is 3.32. The summed E-state index contributed by atoms with van der Waals surface area (Å²) in [6.07, 6.45) is 0. The summed E-state index contributed by atoms with van der Waals surface area (Å²) < 4.78 is 11.9. The molecule has 0 aromatic heterocycles. The molecule has 0 fully saturated rings. The van der Waals surface area contributed by atoms with E-state index in [0.717, 1.165) is 10.0 Å². The molecule has 0 saturated carbocycles. The molecule has 136 valence electrons. The second-order valence-corrected chi connectivity index (χ2v) is 6.80. The highest BCUT2D eigenvalue weighted by molar-refractivity contribution is 9.10. The monoisotopic (exact) mass is 418 g/mol. The molecular weight excluding hydrogens is 400 g/mol. The predicted octanol–water partition coefficient (Wildman–Crippen LogP) is 2.83. The van der Waals surface area contributed by atoms with E-state index < -0.39 is 0 Å². The van der Waals surface area contributed by atoms with Crippen molar-refractivity contribution in [3.8, 4) is 11.5 Å². The smallest absolute Gasteiger partial charge is 0.251 e. The third-order valence-corrected chi connectivity index (χ3v) is 4.43. The van der Waals surface area contributed by atoms with Crippen molar-refractivity contribution in [2.75, 3.05) is 19.8 Å². The molecule has 0 aliphatic carbocycles. The van der Waals surface area contributed by atoms with Gasteiger partial charge in [0, 0.05) is 10.0 Å². The first-order chi connectivity index (χ1) is 12.5. The highest BCUT2D eigenvalue weighted by Gasteiger charge is 2.16. The van der Waals surface area contributed by atoms with Gasteiger partial charge in [-0.05, 0) is 42.8 Å². The minimum atomic E-state index is -0.298. The number of halogens is 1. The fraction of sp³-hybridized carbons (Fsp3) is 0.263. The van der Waals surface area contributed by atoms with Gasteiger partial charge in [-0.3, -0.25) is 9.59 Å².